The quantitative estimate of drug-likeness (QED) is 0.686. The van der Waals surface area contributed by atoms with Crippen LogP contribution in [0.4, 0.5) is 0 Å². The summed E-state index contributed by atoms with van der Waals surface area (Å²) in [5, 5.41) is 2.92. The molecule has 0 bridgehead atoms. The molecule has 3 nitrogen and oxygen atoms in total. The zero-order valence-electron chi connectivity index (χ0n) is 14.9. The van der Waals surface area contributed by atoms with E-state index in [1.54, 1.807) is 6.92 Å². The molecule has 0 saturated carbocycles. The highest BCUT2D eigenvalue weighted by Gasteiger charge is 2.14. The molecule has 0 fully saturated rings. The second kappa shape index (κ2) is 8.86. The Morgan fingerprint density at radius 1 is 0.846 bits per heavy atom. The number of carbonyl (C=O) groups excluding carboxylic acids is 1. The second-order valence-electron chi connectivity index (χ2n) is 6.18. The van der Waals surface area contributed by atoms with Gasteiger partial charge in [-0.25, -0.2) is 0 Å². The van der Waals surface area contributed by atoms with E-state index in [0.29, 0.717) is 12.3 Å². The van der Waals surface area contributed by atoms with Crippen molar-refractivity contribution in [3.8, 4) is 16.9 Å². The number of amides is 1. The molecule has 1 unspecified atom stereocenters. The predicted octanol–water partition coefficient (Wildman–Crippen LogP) is 4.48. The molecule has 3 aromatic carbocycles. The first-order valence-electron chi connectivity index (χ1n) is 8.86. The van der Waals surface area contributed by atoms with Gasteiger partial charge in [0, 0.05) is 6.54 Å². The molecule has 132 valence electrons. The Bertz CT molecular complexity index is 814. The number of rotatable bonds is 7. The third-order valence-corrected chi connectivity index (χ3v) is 4.20. The van der Waals surface area contributed by atoms with Crippen molar-refractivity contribution in [3.05, 3.63) is 90.5 Å². The fourth-order valence-corrected chi connectivity index (χ4v) is 2.73. The summed E-state index contributed by atoms with van der Waals surface area (Å²) in [5.74, 6) is 0.587. The first-order chi connectivity index (χ1) is 12.7. The third-order valence-electron chi connectivity index (χ3n) is 4.20. The zero-order valence-corrected chi connectivity index (χ0v) is 14.9. The van der Waals surface area contributed by atoms with Gasteiger partial charge in [-0.05, 0) is 42.2 Å². The van der Waals surface area contributed by atoms with Gasteiger partial charge in [-0.15, -0.1) is 0 Å². The minimum atomic E-state index is -0.534. The molecule has 26 heavy (non-hydrogen) atoms. The van der Waals surface area contributed by atoms with Crippen LogP contribution in [0, 0.1) is 0 Å². The minimum Gasteiger partial charge on any atom is -0.481 e. The molecule has 0 saturated heterocycles. The van der Waals surface area contributed by atoms with Crippen LogP contribution in [0.5, 0.6) is 5.75 Å². The molecule has 3 aromatic rings. The van der Waals surface area contributed by atoms with E-state index in [9.17, 15) is 4.79 Å². The van der Waals surface area contributed by atoms with Crippen LogP contribution in [0.2, 0.25) is 0 Å². The molecule has 0 spiro atoms. The molecule has 0 aromatic heterocycles. The van der Waals surface area contributed by atoms with Crippen LogP contribution >= 0.6 is 0 Å². The lowest BCUT2D eigenvalue weighted by Gasteiger charge is -2.15. The molecular weight excluding hydrogens is 322 g/mol. The number of hydrogen-bond acceptors (Lipinski definition) is 2. The van der Waals surface area contributed by atoms with E-state index >= 15 is 0 Å². The molecule has 0 aliphatic rings. The van der Waals surface area contributed by atoms with Gasteiger partial charge in [0.1, 0.15) is 5.75 Å². The van der Waals surface area contributed by atoms with E-state index in [0.717, 1.165) is 17.5 Å². The normalized spacial score (nSPS) is 11.6. The molecule has 1 amide bonds. The summed E-state index contributed by atoms with van der Waals surface area (Å²) in [6.07, 6.45) is 0.277. The first-order valence-corrected chi connectivity index (χ1v) is 8.86. The van der Waals surface area contributed by atoms with Crippen LogP contribution in [0.25, 0.3) is 11.1 Å². The summed E-state index contributed by atoms with van der Waals surface area (Å²) >= 11 is 0. The molecule has 0 heterocycles. The number of benzene rings is 3. The van der Waals surface area contributed by atoms with Gasteiger partial charge in [0.05, 0.1) is 0 Å². The molecule has 3 rings (SSSR count). The molecule has 0 aliphatic heterocycles. The lowest BCUT2D eigenvalue weighted by atomic mass is 10.1. The molecular formula is C23H23NO2. The Kier molecular flexibility index (Phi) is 6.05. The lowest BCUT2D eigenvalue weighted by Crippen LogP contribution is -2.37. The van der Waals surface area contributed by atoms with Gasteiger partial charge < -0.3 is 10.1 Å². The summed E-state index contributed by atoms with van der Waals surface area (Å²) in [7, 11) is 0. The highest BCUT2D eigenvalue weighted by atomic mass is 16.5. The van der Waals surface area contributed by atoms with Crippen LogP contribution in [0.3, 0.4) is 0 Å². The highest BCUT2D eigenvalue weighted by molar-refractivity contribution is 5.80. The van der Waals surface area contributed by atoms with Crippen molar-refractivity contribution >= 4 is 5.91 Å². The van der Waals surface area contributed by atoms with E-state index in [-0.39, 0.29) is 5.91 Å². The average Bonchev–Trinajstić information content (AvgIpc) is 2.70. The molecule has 1 N–H and O–H groups in total. The Balaban J connectivity index is 1.49. The molecule has 3 heteroatoms. The van der Waals surface area contributed by atoms with Crippen molar-refractivity contribution < 1.29 is 9.53 Å². The van der Waals surface area contributed by atoms with Crippen molar-refractivity contribution in [2.24, 2.45) is 0 Å². The Morgan fingerprint density at radius 2 is 1.42 bits per heavy atom. The lowest BCUT2D eigenvalue weighted by molar-refractivity contribution is -0.127. The summed E-state index contributed by atoms with van der Waals surface area (Å²) < 4.78 is 5.76. The van der Waals surface area contributed by atoms with Gasteiger partial charge >= 0.3 is 0 Å². The summed E-state index contributed by atoms with van der Waals surface area (Å²) in [4.78, 5) is 12.2. The zero-order chi connectivity index (χ0) is 18.2. The van der Waals surface area contributed by atoms with Crippen LogP contribution in [-0.4, -0.2) is 18.6 Å². The molecule has 1 atom stereocenters. The first kappa shape index (κ1) is 17.7. The van der Waals surface area contributed by atoms with Crippen molar-refractivity contribution in [1.29, 1.82) is 0 Å². The summed E-state index contributed by atoms with van der Waals surface area (Å²) in [5.41, 5.74) is 3.49. The van der Waals surface area contributed by atoms with E-state index in [4.69, 9.17) is 4.74 Å². The van der Waals surface area contributed by atoms with Crippen molar-refractivity contribution in [3.63, 3.8) is 0 Å². The van der Waals surface area contributed by atoms with Gasteiger partial charge in [-0.2, -0.15) is 0 Å². The smallest absolute Gasteiger partial charge is 0.260 e. The maximum Gasteiger partial charge on any atom is 0.260 e. The van der Waals surface area contributed by atoms with E-state index in [1.807, 2.05) is 60.7 Å². The monoisotopic (exact) mass is 345 g/mol. The highest BCUT2D eigenvalue weighted by Crippen LogP contribution is 2.22. The summed E-state index contributed by atoms with van der Waals surface area (Å²) in [6, 6.07) is 28.1. The van der Waals surface area contributed by atoms with Crippen molar-refractivity contribution in [2.75, 3.05) is 6.54 Å². The van der Waals surface area contributed by atoms with Crippen molar-refractivity contribution in [2.45, 2.75) is 19.4 Å². The maximum atomic E-state index is 12.2. The Hall–Kier alpha value is -3.07. The fourth-order valence-electron chi connectivity index (χ4n) is 2.73. The third kappa shape index (κ3) is 4.96. The van der Waals surface area contributed by atoms with Crippen LogP contribution in [-0.2, 0) is 11.2 Å². The number of ether oxygens (including phenoxy) is 1. The van der Waals surface area contributed by atoms with Crippen LogP contribution in [0.1, 0.15) is 12.5 Å². The van der Waals surface area contributed by atoms with E-state index < -0.39 is 6.10 Å². The van der Waals surface area contributed by atoms with Crippen molar-refractivity contribution in [1.82, 2.24) is 5.32 Å². The van der Waals surface area contributed by atoms with Gasteiger partial charge in [0.2, 0.25) is 0 Å². The average molecular weight is 345 g/mol. The Morgan fingerprint density at radius 3 is 2.08 bits per heavy atom. The minimum absolute atomic E-state index is 0.104. The second-order valence-corrected chi connectivity index (χ2v) is 6.18. The number of hydrogen-bond donors (Lipinski definition) is 1. The fraction of sp³-hybridized carbons (Fsp3) is 0.174. The maximum absolute atomic E-state index is 12.2. The molecule has 0 radical (unpaired) electrons. The summed E-state index contributed by atoms with van der Waals surface area (Å²) in [6.45, 7) is 2.37. The standard InChI is InChI=1S/C23H23NO2/c1-18(23(25)24-17-16-19-8-4-2-5-9-19)26-22-14-12-21(13-15-22)20-10-6-3-7-11-20/h2-15,18H,16-17H2,1H3,(H,24,25). The SMILES string of the molecule is CC(Oc1ccc(-c2ccccc2)cc1)C(=O)NCCc1ccccc1. The number of carbonyl (C=O) groups is 1. The van der Waals surface area contributed by atoms with E-state index in [1.165, 1.54) is 5.56 Å². The number of nitrogens with one attached hydrogen (secondary N) is 1. The Labute approximate surface area is 154 Å². The van der Waals surface area contributed by atoms with Gasteiger partial charge in [-0.1, -0.05) is 72.8 Å². The molecule has 0 aliphatic carbocycles. The van der Waals surface area contributed by atoms with Crippen LogP contribution in [0.15, 0.2) is 84.9 Å². The van der Waals surface area contributed by atoms with Gasteiger partial charge in [0.15, 0.2) is 6.10 Å². The van der Waals surface area contributed by atoms with E-state index in [2.05, 4.69) is 29.6 Å². The topological polar surface area (TPSA) is 38.3 Å². The van der Waals surface area contributed by atoms with Gasteiger partial charge in [0.25, 0.3) is 5.91 Å². The van der Waals surface area contributed by atoms with Crippen LogP contribution < -0.4 is 10.1 Å². The predicted molar refractivity (Wildman–Crippen MR) is 105 cm³/mol. The van der Waals surface area contributed by atoms with Gasteiger partial charge in [-0.3, -0.25) is 4.79 Å². The largest absolute Gasteiger partial charge is 0.481 e.